The van der Waals surface area contributed by atoms with Gasteiger partial charge < -0.3 is 9.47 Å². The topological polar surface area (TPSA) is 48.4 Å². The minimum atomic E-state index is -1.61. The summed E-state index contributed by atoms with van der Waals surface area (Å²) in [6.07, 6.45) is 1.90. The molecule has 0 unspecified atom stereocenters. The van der Waals surface area contributed by atoms with Gasteiger partial charge in [0.15, 0.2) is 6.29 Å². The quantitative estimate of drug-likeness (QED) is 0.466. The molecule has 0 aliphatic heterocycles. The highest BCUT2D eigenvalue weighted by molar-refractivity contribution is 6.35. The smallest absolute Gasteiger partial charge is 0.257 e. The first-order valence-corrected chi connectivity index (χ1v) is 4.74. The molecule has 0 aliphatic carbocycles. The molecule has 1 aromatic heterocycles. The van der Waals surface area contributed by atoms with Crippen molar-refractivity contribution in [3.8, 4) is 0 Å². The van der Waals surface area contributed by atoms with Gasteiger partial charge in [0.2, 0.25) is 0 Å². The van der Waals surface area contributed by atoms with Crippen LogP contribution in [-0.2, 0) is 20.1 Å². The summed E-state index contributed by atoms with van der Waals surface area (Å²) in [5, 5.41) is 0.323. The molecule has 6 heteroatoms. The number of rotatable bonds is 4. The van der Waals surface area contributed by atoms with Crippen molar-refractivity contribution in [3.63, 3.8) is 0 Å². The summed E-state index contributed by atoms with van der Waals surface area (Å²) in [5.41, 5.74) is 0.202. The number of ether oxygens (including phenoxy) is 2. The Kier molecular flexibility index (Phi) is 4.04. The van der Waals surface area contributed by atoms with Gasteiger partial charge in [-0.25, -0.2) is 4.98 Å². The summed E-state index contributed by atoms with van der Waals surface area (Å²) < 4.78 is 9.97. The van der Waals surface area contributed by atoms with Crippen LogP contribution in [0, 0.1) is 0 Å². The van der Waals surface area contributed by atoms with E-state index in [-0.39, 0.29) is 15.7 Å². The largest absolute Gasteiger partial charge is 0.343 e. The molecular weight excluding hydrogens is 241 g/mol. The first-order valence-electron chi connectivity index (χ1n) is 3.98. The van der Waals surface area contributed by atoms with Crippen LogP contribution in [0.3, 0.4) is 0 Å². The fraction of sp³-hybridized carbons (Fsp3) is 0.333. The highest BCUT2D eigenvalue weighted by Crippen LogP contribution is 2.34. The number of pyridine rings is 1. The zero-order valence-electron chi connectivity index (χ0n) is 8.16. The number of methoxy groups -OCH3 is 2. The Morgan fingerprint density at radius 3 is 2.40 bits per heavy atom. The lowest BCUT2D eigenvalue weighted by molar-refractivity contribution is -0.201. The molecule has 1 rings (SSSR count). The van der Waals surface area contributed by atoms with E-state index in [4.69, 9.17) is 32.7 Å². The van der Waals surface area contributed by atoms with E-state index < -0.39 is 5.79 Å². The van der Waals surface area contributed by atoms with Crippen LogP contribution < -0.4 is 0 Å². The second-order valence-corrected chi connectivity index (χ2v) is 3.42. The molecule has 82 valence electrons. The zero-order chi connectivity index (χ0) is 11.5. The highest BCUT2D eigenvalue weighted by Gasteiger charge is 2.36. The van der Waals surface area contributed by atoms with Crippen LogP contribution in [0.2, 0.25) is 10.2 Å². The van der Waals surface area contributed by atoms with Crippen molar-refractivity contribution >= 4 is 29.5 Å². The van der Waals surface area contributed by atoms with Gasteiger partial charge in [-0.2, -0.15) is 0 Å². The van der Waals surface area contributed by atoms with Crippen molar-refractivity contribution in [2.75, 3.05) is 14.2 Å². The fourth-order valence-corrected chi connectivity index (χ4v) is 1.78. The lowest BCUT2D eigenvalue weighted by atomic mass is 10.1. The van der Waals surface area contributed by atoms with Gasteiger partial charge in [0.05, 0.1) is 10.6 Å². The molecule has 0 fully saturated rings. The molecule has 0 aliphatic rings. The average Bonchev–Trinajstić information content (AvgIpc) is 2.24. The van der Waals surface area contributed by atoms with Gasteiger partial charge in [-0.3, -0.25) is 4.79 Å². The Hall–Kier alpha value is -0.680. The maximum absolute atomic E-state index is 11.0. The Morgan fingerprint density at radius 2 is 2.00 bits per heavy atom. The molecule has 1 heterocycles. The van der Waals surface area contributed by atoms with Crippen LogP contribution in [0.15, 0.2) is 12.3 Å². The molecule has 0 saturated carbocycles. The molecule has 0 spiro atoms. The number of aromatic nitrogens is 1. The highest BCUT2D eigenvalue weighted by atomic mass is 35.5. The Labute approximate surface area is 97.1 Å². The second-order valence-electron chi connectivity index (χ2n) is 2.65. The van der Waals surface area contributed by atoms with Crippen molar-refractivity contribution in [2.45, 2.75) is 5.79 Å². The van der Waals surface area contributed by atoms with E-state index in [0.717, 1.165) is 0 Å². The van der Waals surface area contributed by atoms with Gasteiger partial charge in [0, 0.05) is 20.4 Å². The molecule has 0 radical (unpaired) electrons. The van der Waals surface area contributed by atoms with E-state index in [1.54, 1.807) is 0 Å². The molecule has 1 aromatic rings. The maximum Gasteiger partial charge on any atom is 0.257 e. The molecule has 0 N–H and O–H groups in total. The zero-order valence-corrected chi connectivity index (χ0v) is 9.67. The third kappa shape index (κ3) is 2.13. The molecule has 4 nitrogen and oxygen atoms in total. The predicted molar refractivity (Wildman–Crippen MR) is 56.0 cm³/mol. The lowest BCUT2D eigenvalue weighted by Crippen LogP contribution is -2.33. The summed E-state index contributed by atoms with van der Waals surface area (Å²) in [6.45, 7) is 0. The summed E-state index contributed by atoms with van der Waals surface area (Å²) in [7, 11) is 2.63. The summed E-state index contributed by atoms with van der Waals surface area (Å²) in [5.74, 6) is -1.61. The van der Waals surface area contributed by atoms with Gasteiger partial charge in [-0.1, -0.05) is 23.2 Å². The van der Waals surface area contributed by atoms with Crippen molar-refractivity contribution in [3.05, 3.63) is 28.0 Å². The molecule has 15 heavy (non-hydrogen) atoms. The number of halogens is 2. The molecule has 0 bridgehead atoms. The van der Waals surface area contributed by atoms with Gasteiger partial charge in [-0.05, 0) is 6.07 Å². The van der Waals surface area contributed by atoms with Gasteiger partial charge in [-0.15, -0.1) is 0 Å². The molecule has 0 amide bonds. The van der Waals surface area contributed by atoms with E-state index in [9.17, 15) is 4.79 Å². The van der Waals surface area contributed by atoms with Gasteiger partial charge >= 0.3 is 0 Å². The SMILES string of the molecule is COC(C=O)(OC)c1c(Cl)ccnc1Cl. The van der Waals surface area contributed by atoms with Crippen LogP contribution in [0.4, 0.5) is 0 Å². The number of hydrogen-bond donors (Lipinski definition) is 0. The summed E-state index contributed by atoms with van der Waals surface area (Å²) in [6, 6.07) is 1.50. The van der Waals surface area contributed by atoms with Crippen molar-refractivity contribution < 1.29 is 14.3 Å². The van der Waals surface area contributed by atoms with Crippen LogP contribution in [0.5, 0.6) is 0 Å². The van der Waals surface area contributed by atoms with E-state index in [1.807, 2.05) is 0 Å². The van der Waals surface area contributed by atoms with Gasteiger partial charge in [0.25, 0.3) is 5.79 Å². The van der Waals surface area contributed by atoms with E-state index in [2.05, 4.69) is 4.98 Å². The van der Waals surface area contributed by atoms with Crippen LogP contribution in [0.1, 0.15) is 5.56 Å². The number of nitrogens with zero attached hydrogens (tertiary/aromatic N) is 1. The van der Waals surface area contributed by atoms with Crippen molar-refractivity contribution in [1.82, 2.24) is 4.98 Å². The Morgan fingerprint density at radius 1 is 1.40 bits per heavy atom. The number of hydrogen-bond acceptors (Lipinski definition) is 4. The van der Waals surface area contributed by atoms with E-state index >= 15 is 0 Å². The molecular formula is C9H9Cl2NO3. The molecule has 0 saturated heterocycles. The third-order valence-electron chi connectivity index (χ3n) is 1.96. The number of carbonyl (C=O) groups excluding carboxylic acids is 1. The molecule has 0 aromatic carbocycles. The van der Waals surface area contributed by atoms with Crippen LogP contribution in [-0.4, -0.2) is 25.5 Å². The third-order valence-corrected chi connectivity index (χ3v) is 2.57. The summed E-state index contributed by atoms with van der Waals surface area (Å²) >= 11 is 11.7. The van der Waals surface area contributed by atoms with Crippen molar-refractivity contribution in [2.24, 2.45) is 0 Å². The maximum atomic E-state index is 11.0. The second kappa shape index (κ2) is 4.90. The first kappa shape index (κ1) is 12.4. The minimum Gasteiger partial charge on any atom is -0.343 e. The van der Waals surface area contributed by atoms with E-state index in [1.165, 1.54) is 26.5 Å². The average molecular weight is 250 g/mol. The van der Waals surface area contributed by atoms with Crippen molar-refractivity contribution in [1.29, 1.82) is 0 Å². The Balaban J connectivity index is 3.40. The predicted octanol–water partition coefficient (Wildman–Crippen LogP) is 2.03. The van der Waals surface area contributed by atoms with Crippen LogP contribution >= 0.6 is 23.2 Å². The van der Waals surface area contributed by atoms with E-state index in [0.29, 0.717) is 6.29 Å². The first-order chi connectivity index (χ1) is 7.11. The minimum absolute atomic E-state index is 0.0679. The normalized spacial score (nSPS) is 11.5. The Bertz CT molecular complexity index is 346. The van der Waals surface area contributed by atoms with Crippen LogP contribution in [0.25, 0.3) is 0 Å². The lowest BCUT2D eigenvalue weighted by Gasteiger charge is -2.26. The summed E-state index contributed by atoms with van der Waals surface area (Å²) in [4.78, 5) is 14.8. The monoisotopic (exact) mass is 249 g/mol. The number of carbonyl (C=O) groups is 1. The molecule has 0 atom stereocenters. The van der Waals surface area contributed by atoms with Gasteiger partial charge in [0.1, 0.15) is 5.15 Å². The fourth-order valence-electron chi connectivity index (χ4n) is 1.17. The number of aldehydes is 1. The standard InChI is InChI=1S/C9H9Cl2NO3/c1-14-9(5-13,15-2)7-6(10)3-4-12-8(7)11/h3-5H,1-2H3.